The highest BCUT2D eigenvalue weighted by molar-refractivity contribution is 5.98. The lowest BCUT2D eigenvalue weighted by molar-refractivity contribution is 0.0600. The van der Waals surface area contributed by atoms with Crippen molar-refractivity contribution in [2.24, 2.45) is 5.92 Å². The molecule has 0 unspecified atom stereocenters. The van der Waals surface area contributed by atoms with Crippen LogP contribution in [0, 0.1) is 12.8 Å². The minimum absolute atomic E-state index is 0.260. The van der Waals surface area contributed by atoms with Crippen molar-refractivity contribution in [1.82, 2.24) is 25.1 Å². The number of aromatic amines is 1. The van der Waals surface area contributed by atoms with Gasteiger partial charge in [0.2, 0.25) is 0 Å². The van der Waals surface area contributed by atoms with E-state index in [-0.39, 0.29) is 6.04 Å². The highest BCUT2D eigenvalue weighted by Crippen LogP contribution is 2.31. The highest BCUT2D eigenvalue weighted by atomic mass is 16.5. The molecule has 3 aromatic heterocycles. The molecule has 0 amide bonds. The lowest BCUT2D eigenvalue weighted by atomic mass is 10.00. The largest absolute Gasteiger partial charge is 0.465 e. The number of esters is 1. The molecule has 1 aliphatic rings. The summed E-state index contributed by atoms with van der Waals surface area (Å²) in [5.74, 6) is 2.24. The molecule has 176 valence electrons. The fourth-order valence-corrected chi connectivity index (χ4v) is 4.54. The second-order valence-corrected chi connectivity index (χ2v) is 9.31. The summed E-state index contributed by atoms with van der Waals surface area (Å²) in [5.41, 5.74) is 2.10. The zero-order chi connectivity index (χ0) is 23.5. The molecule has 0 spiro atoms. The molecule has 0 bridgehead atoms. The van der Waals surface area contributed by atoms with Gasteiger partial charge in [-0.1, -0.05) is 6.92 Å². The number of carbonyl (C=O) groups is 1. The van der Waals surface area contributed by atoms with Gasteiger partial charge < -0.3 is 20.3 Å². The molecule has 0 aromatic carbocycles. The summed E-state index contributed by atoms with van der Waals surface area (Å²) in [5, 5.41) is 14.9. The van der Waals surface area contributed by atoms with Gasteiger partial charge in [0.1, 0.15) is 11.6 Å². The number of hydrogen-bond acceptors (Lipinski definition) is 8. The Balaban J connectivity index is 1.72. The number of carbonyl (C=O) groups excluding carboxylic acids is 1. The number of fused-ring (bicyclic) bond motifs is 1. The van der Waals surface area contributed by atoms with Gasteiger partial charge >= 0.3 is 5.97 Å². The first-order valence-electron chi connectivity index (χ1n) is 11.4. The minimum atomic E-state index is -0.416. The van der Waals surface area contributed by atoms with E-state index in [0.29, 0.717) is 35.0 Å². The summed E-state index contributed by atoms with van der Waals surface area (Å²) >= 11 is 0. The maximum absolute atomic E-state index is 12.1. The lowest BCUT2D eigenvalue weighted by Crippen LogP contribution is -2.33. The SMILES string of the molecule is COC(=O)c1cnc2cc(Nc3cc(C)[nH]n3)nc(N[C@H]3C[C@@H](C)CC[C@@H](N(C)C)C3)c2c1. The van der Waals surface area contributed by atoms with Gasteiger partial charge in [0.15, 0.2) is 5.82 Å². The Kier molecular flexibility index (Phi) is 6.78. The molecule has 0 radical (unpaired) electrons. The number of rotatable bonds is 6. The van der Waals surface area contributed by atoms with Crippen molar-refractivity contribution in [1.29, 1.82) is 0 Å². The third-order valence-electron chi connectivity index (χ3n) is 6.37. The standard InChI is InChI=1S/C24H33N7O2/c1-14-6-7-18(31(3)4)11-17(8-14)26-23-19-10-16(24(32)33-5)13-25-20(19)12-21(28-23)27-22-9-15(2)29-30-22/h9-10,12-14,17-18H,6-8,11H2,1-5H3,(H3,26,27,28,29,30)/t14-,17-,18+/m0/s1. The van der Waals surface area contributed by atoms with Crippen molar-refractivity contribution in [2.75, 3.05) is 31.8 Å². The van der Waals surface area contributed by atoms with Crippen LogP contribution in [0.25, 0.3) is 10.9 Å². The summed E-state index contributed by atoms with van der Waals surface area (Å²) in [7, 11) is 5.67. The smallest absolute Gasteiger partial charge is 0.339 e. The lowest BCUT2D eigenvalue weighted by Gasteiger charge is -2.27. The molecule has 9 nitrogen and oxygen atoms in total. The number of methoxy groups -OCH3 is 1. The molecule has 3 N–H and O–H groups in total. The topological polar surface area (TPSA) is 108 Å². The van der Waals surface area contributed by atoms with Crippen LogP contribution < -0.4 is 10.6 Å². The van der Waals surface area contributed by atoms with E-state index in [4.69, 9.17) is 9.72 Å². The normalized spacial score (nSPS) is 21.1. The average Bonchev–Trinajstić information content (AvgIpc) is 3.09. The second-order valence-electron chi connectivity index (χ2n) is 9.31. The molecule has 1 aliphatic carbocycles. The van der Waals surface area contributed by atoms with E-state index in [1.807, 2.05) is 19.1 Å². The van der Waals surface area contributed by atoms with Crippen molar-refractivity contribution in [3.05, 3.63) is 35.7 Å². The van der Waals surface area contributed by atoms with Gasteiger partial charge in [-0.05, 0) is 58.7 Å². The maximum Gasteiger partial charge on any atom is 0.339 e. The van der Waals surface area contributed by atoms with Crippen molar-refractivity contribution in [3.8, 4) is 0 Å². The van der Waals surface area contributed by atoms with Gasteiger partial charge in [-0.25, -0.2) is 9.78 Å². The number of hydrogen-bond donors (Lipinski definition) is 3. The van der Waals surface area contributed by atoms with Crippen LogP contribution in [-0.2, 0) is 4.74 Å². The molecular formula is C24H33N7O2. The summed E-state index contributed by atoms with van der Waals surface area (Å²) < 4.78 is 4.90. The van der Waals surface area contributed by atoms with Crippen LogP contribution >= 0.6 is 0 Å². The number of nitrogens with one attached hydrogen (secondary N) is 3. The number of anilines is 3. The Morgan fingerprint density at radius 2 is 2.00 bits per heavy atom. The van der Waals surface area contributed by atoms with E-state index in [9.17, 15) is 4.79 Å². The van der Waals surface area contributed by atoms with Crippen LogP contribution in [0.3, 0.4) is 0 Å². The molecule has 0 saturated heterocycles. The maximum atomic E-state index is 12.1. The molecule has 1 saturated carbocycles. The fraction of sp³-hybridized carbons (Fsp3) is 0.500. The van der Waals surface area contributed by atoms with Crippen molar-refractivity contribution in [2.45, 2.75) is 51.6 Å². The monoisotopic (exact) mass is 451 g/mol. The number of aryl methyl sites for hydroxylation is 1. The summed E-state index contributed by atoms with van der Waals surface area (Å²) in [6.07, 6.45) is 6.03. The summed E-state index contributed by atoms with van der Waals surface area (Å²) in [4.78, 5) is 23.9. The molecule has 3 aromatic rings. The third-order valence-corrected chi connectivity index (χ3v) is 6.37. The number of pyridine rings is 2. The number of ether oxygens (including phenoxy) is 1. The van der Waals surface area contributed by atoms with Crippen molar-refractivity contribution < 1.29 is 9.53 Å². The Bertz CT molecular complexity index is 1130. The zero-order valence-electron chi connectivity index (χ0n) is 20.0. The predicted octanol–water partition coefficient (Wildman–Crippen LogP) is 4.11. The molecule has 3 heterocycles. The number of aromatic nitrogens is 4. The van der Waals surface area contributed by atoms with Gasteiger partial charge in [0.05, 0.1) is 18.2 Å². The van der Waals surface area contributed by atoms with E-state index < -0.39 is 5.97 Å². The zero-order valence-corrected chi connectivity index (χ0v) is 20.0. The second kappa shape index (κ2) is 9.74. The van der Waals surface area contributed by atoms with Crippen LogP contribution in [0.2, 0.25) is 0 Å². The Hall–Kier alpha value is -3.20. The van der Waals surface area contributed by atoms with Crippen LogP contribution in [0.1, 0.15) is 48.7 Å². The van der Waals surface area contributed by atoms with Gasteiger partial charge in [0.25, 0.3) is 0 Å². The van der Waals surface area contributed by atoms with Crippen molar-refractivity contribution in [3.63, 3.8) is 0 Å². The first-order valence-corrected chi connectivity index (χ1v) is 11.4. The molecule has 9 heteroatoms. The van der Waals surface area contributed by atoms with Crippen LogP contribution in [0.4, 0.5) is 17.5 Å². The first-order chi connectivity index (χ1) is 15.8. The average molecular weight is 452 g/mol. The Morgan fingerprint density at radius 1 is 1.18 bits per heavy atom. The van der Waals surface area contributed by atoms with Crippen LogP contribution in [-0.4, -0.2) is 64.3 Å². The van der Waals surface area contributed by atoms with Crippen LogP contribution in [0.5, 0.6) is 0 Å². The van der Waals surface area contributed by atoms with Gasteiger partial charge in [-0.15, -0.1) is 0 Å². The molecule has 1 fully saturated rings. The molecule has 4 rings (SSSR count). The Morgan fingerprint density at radius 3 is 2.70 bits per heavy atom. The van der Waals surface area contributed by atoms with Gasteiger partial charge in [-0.3, -0.25) is 10.1 Å². The molecule has 3 atom stereocenters. The third kappa shape index (κ3) is 5.42. The quantitative estimate of drug-likeness (QED) is 0.380. The number of H-pyrrole nitrogens is 1. The predicted molar refractivity (Wildman–Crippen MR) is 130 cm³/mol. The van der Waals surface area contributed by atoms with Gasteiger partial charge in [0, 0.05) is 41.5 Å². The molecule has 33 heavy (non-hydrogen) atoms. The van der Waals surface area contributed by atoms with E-state index in [2.05, 4.69) is 51.7 Å². The Labute approximate surface area is 194 Å². The first kappa shape index (κ1) is 23.0. The number of nitrogens with zero attached hydrogens (tertiary/aromatic N) is 4. The van der Waals surface area contributed by atoms with Gasteiger partial charge in [-0.2, -0.15) is 5.10 Å². The molecular weight excluding hydrogens is 418 g/mol. The minimum Gasteiger partial charge on any atom is -0.465 e. The van der Waals surface area contributed by atoms with Crippen molar-refractivity contribution >= 4 is 34.3 Å². The summed E-state index contributed by atoms with van der Waals surface area (Å²) in [6, 6.07) is 6.35. The van der Waals surface area contributed by atoms with Crippen LogP contribution in [0.15, 0.2) is 24.4 Å². The fourth-order valence-electron chi connectivity index (χ4n) is 4.54. The summed E-state index contributed by atoms with van der Waals surface area (Å²) in [6.45, 7) is 4.26. The van der Waals surface area contributed by atoms with E-state index in [0.717, 1.165) is 29.4 Å². The van der Waals surface area contributed by atoms with E-state index in [1.54, 1.807) is 6.07 Å². The molecule has 0 aliphatic heterocycles. The highest BCUT2D eigenvalue weighted by Gasteiger charge is 2.26. The van der Waals surface area contributed by atoms with E-state index >= 15 is 0 Å². The van der Waals surface area contributed by atoms with E-state index in [1.165, 1.54) is 26.1 Å².